The summed E-state index contributed by atoms with van der Waals surface area (Å²) in [4.78, 5) is 12.2. The van der Waals surface area contributed by atoms with Crippen molar-refractivity contribution in [1.82, 2.24) is 5.32 Å². The molecule has 0 unspecified atom stereocenters. The first-order valence-electron chi connectivity index (χ1n) is 8.30. The van der Waals surface area contributed by atoms with E-state index in [2.05, 4.69) is 5.32 Å². The SMILES string of the molecule is COc1ccc(OC)c(/C=C/C(=O)NCC(C)(C)c2ccccc2F)c1. The maximum atomic E-state index is 14.0. The summed E-state index contributed by atoms with van der Waals surface area (Å²) in [5.74, 6) is 0.774. The summed E-state index contributed by atoms with van der Waals surface area (Å²) in [5, 5.41) is 2.82. The number of hydrogen-bond acceptors (Lipinski definition) is 3. The molecule has 0 heterocycles. The normalized spacial score (nSPS) is 11.4. The first kappa shape index (κ1) is 19.5. The molecule has 138 valence electrons. The summed E-state index contributed by atoms with van der Waals surface area (Å²) in [6.45, 7) is 4.09. The van der Waals surface area contributed by atoms with Gasteiger partial charge in [0.15, 0.2) is 0 Å². The molecule has 4 nitrogen and oxygen atoms in total. The molecule has 2 aromatic carbocycles. The zero-order chi connectivity index (χ0) is 19.2. The predicted molar refractivity (Wildman–Crippen MR) is 101 cm³/mol. The number of carbonyl (C=O) groups is 1. The van der Waals surface area contributed by atoms with Crippen LogP contribution in [-0.2, 0) is 10.2 Å². The summed E-state index contributed by atoms with van der Waals surface area (Å²) in [6, 6.07) is 11.9. The van der Waals surface area contributed by atoms with Gasteiger partial charge in [0.05, 0.1) is 14.2 Å². The van der Waals surface area contributed by atoms with Crippen LogP contribution in [-0.4, -0.2) is 26.7 Å². The number of rotatable bonds is 7. The van der Waals surface area contributed by atoms with Crippen molar-refractivity contribution in [2.24, 2.45) is 0 Å². The minimum atomic E-state index is -0.525. The molecule has 0 radical (unpaired) electrons. The second kappa shape index (κ2) is 8.52. The molecular weight excluding hydrogens is 333 g/mol. The molecule has 5 heteroatoms. The third-order valence-electron chi connectivity index (χ3n) is 4.16. The Hall–Kier alpha value is -2.82. The molecule has 2 rings (SSSR count). The van der Waals surface area contributed by atoms with Crippen LogP contribution in [0.15, 0.2) is 48.5 Å². The number of benzene rings is 2. The minimum Gasteiger partial charge on any atom is -0.497 e. The molecule has 2 aromatic rings. The second-order valence-electron chi connectivity index (χ2n) is 6.52. The van der Waals surface area contributed by atoms with Gasteiger partial charge in [-0.15, -0.1) is 0 Å². The molecule has 0 aromatic heterocycles. The monoisotopic (exact) mass is 357 g/mol. The van der Waals surface area contributed by atoms with Gasteiger partial charge in [-0.3, -0.25) is 4.79 Å². The van der Waals surface area contributed by atoms with Crippen LogP contribution < -0.4 is 14.8 Å². The first-order chi connectivity index (χ1) is 12.4. The maximum Gasteiger partial charge on any atom is 0.244 e. The van der Waals surface area contributed by atoms with Crippen molar-refractivity contribution in [3.05, 3.63) is 65.5 Å². The Balaban J connectivity index is 2.05. The van der Waals surface area contributed by atoms with Gasteiger partial charge in [-0.05, 0) is 35.9 Å². The van der Waals surface area contributed by atoms with Crippen LogP contribution in [0.1, 0.15) is 25.0 Å². The van der Waals surface area contributed by atoms with Gasteiger partial charge in [0.25, 0.3) is 0 Å². The van der Waals surface area contributed by atoms with Gasteiger partial charge < -0.3 is 14.8 Å². The Morgan fingerprint density at radius 2 is 1.88 bits per heavy atom. The maximum absolute atomic E-state index is 14.0. The van der Waals surface area contributed by atoms with E-state index in [0.717, 1.165) is 5.56 Å². The lowest BCUT2D eigenvalue weighted by Crippen LogP contribution is -2.36. The van der Waals surface area contributed by atoms with Crippen molar-refractivity contribution in [2.45, 2.75) is 19.3 Å². The molecule has 0 aliphatic rings. The Morgan fingerprint density at radius 1 is 1.15 bits per heavy atom. The van der Waals surface area contributed by atoms with Gasteiger partial charge in [-0.2, -0.15) is 0 Å². The first-order valence-corrected chi connectivity index (χ1v) is 8.30. The summed E-state index contributed by atoms with van der Waals surface area (Å²) in [7, 11) is 3.14. The second-order valence-corrected chi connectivity index (χ2v) is 6.52. The number of amides is 1. The molecule has 26 heavy (non-hydrogen) atoms. The number of methoxy groups -OCH3 is 2. The van der Waals surface area contributed by atoms with Crippen molar-refractivity contribution < 1.29 is 18.7 Å². The van der Waals surface area contributed by atoms with E-state index in [1.54, 1.807) is 56.7 Å². The molecule has 0 aliphatic heterocycles. The molecule has 0 fully saturated rings. The average molecular weight is 357 g/mol. The number of carbonyl (C=O) groups excluding carboxylic acids is 1. The van der Waals surface area contributed by atoms with Crippen molar-refractivity contribution in [2.75, 3.05) is 20.8 Å². The van der Waals surface area contributed by atoms with Gasteiger partial charge >= 0.3 is 0 Å². The Morgan fingerprint density at radius 3 is 2.54 bits per heavy atom. The highest BCUT2D eigenvalue weighted by Crippen LogP contribution is 2.26. The molecule has 0 aliphatic carbocycles. The molecule has 0 saturated heterocycles. The van der Waals surface area contributed by atoms with E-state index in [4.69, 9.17) is 9.47 Å². The fourth-order valence-electron chi connectivity index (χ4n) is 2.61. The van der Waals surface area contributed by atoms with Gasteiger partial charge in [0, 0.05) is 23.6 Å². The Labute approximate surface area is 153 Å². The van der Waals surface area contributed by atoms with Crippen LogP contribution in [0.2, 0.25) is 0 Å². The van der Waals surface area contributed by atoms with Crippen LogP contribution in [0.3, 0.4) is 0 Å². The lowest BCUT2D eigenvalue weighted by molar-refractivity contribution is -0.116. The summed E-state index contributed by atoms with van der Waals surface area (Å²) >= 11 is 0. The van der Waals surface area contributed by atoms with E-state index in [9.17, 15) is 9.18 Å². The zero-order valence-corrected chi connectivity index (χ0v) is 15.5. The van der Waals surface area contributed by atoms with Crippen LogP contribution in [0.25, 0.3) is 6.08 Å². The lowest BCUT2D eigenvalue weighted by atomic mass is 9.84. The van der Waals surface area contributed by atoms with E-state index in [-0.39, 0.29) is 11.7 Å². The summed E-state index contributed by atoms with van der Waals surface area (Å²) in [5.41, 5.74) is 0.775. The Bertz CT molecular complexity index is 800. The lowest BCUT2D eigenvalue weighted by Gasteiger charge is -2.25. The van der Waals surface area contributed by atoms with Crippen LogP contribution in [0.4, 0.5) is 4.39 Å². The topological polar surface area (TPSA) is 47.6 Å². The third-order valence-corrected chi connectivity index (χ3v) is 4.16. The van der Waals surface area contributed by atoms with E-state index in [0.29, 0.717) is 23.6 Å². The highest BCUT2D eigenvalue weighted by atomic mass is 19.1. The molecule has 0 saturated carbocycles. The summed E-state index contributed by atoms with van der Waals surface area (Å²) < 4.78 is 24.5. The molecule has 1 N–H and O–H groups in total. The largest absolute Gasteiger partial charge is 0.497 e. The third kappa shape index (κ3) is 4.85. The molecule has 0 bridgehead atoms. The van der Waals surface area contributed by atoms with Crippen molar-refractivity contribution >= 4 is 12.0 Å². The smallest absolute Gasteiger partial charge is 0.244 e. The van der Waals surface area contributed by atoms with E-state index in [1.807, 2.05) is 13.8 Å². The van der Waals surface area contributed by atoms with Gasteiger partial charge in [-0.1, -0.05) is 32.0 Å². The quantitative estimate of drug-likeness (QED) is 0.763. The summed E-state index contributed by atoms with van der Waals surface area (Å²) in [6.07, 6.45) is 3.08. The molecular formula is C21H24FNO3. The number of halogens is 1. The molecule has 1 amide bonds. The molecule has 0 atom stereocenters. The van der Waals surface area contributed by atoms with Crippen molar-refractivity contribution in [1.29, 1.82) is 0 Å². The highest BCUT2D eigenvalue weighted by Gasteiger charge is 2.24. The fourth-order valence-corrected chi connectivity index (χ4v) is 2.61. The van der Waals surface area contributed by atoms with E-state index >= 15 is 0 Å². The van der Waals surface area contributed by atoms with Crippen molar-refractivity contribution in [3.63, 3.8) is 0 Å². The Kier molecular flexibility index (Phi) is 6.39. The van der Waals surface area contributed by atoms with E-state index < -0.39 is 5.41 Å². The van der Waals surface area contributed by atoms with Crippen molar-refractivity contribution in [3.8, 4) is 11.5 Å². The number of ether oxygens (including phenoxy) is 2. The zero-order valence-electron chi connectivity index (χ0n) is 15.5. The van der Waals surface area contributed by atoms with E-state index in [1.165, 1.54) is 12.1 Å². The van der Waals surface area contributed by atoms with Gasteiger partial charge in [-0.25, -0.2) is 4.39 Å². The molecule has 0 spiro atoms. The van der Waals surface area contributed by atoms with Crippen LogP contribution in [0.5, 0.6) is 11.5 Å². The van der Waals surface area contributed by atoms with Crippen LogP contribution >= 0.6 is 0 Å². The average Bonchev–Trinajstić information content (AvgIpc) is 2.64. The number of hydrogen-bond donors (Lipinski definition) is 1. The predicted octanol–water partition coefficient (Wildman–Crippen LogP) is 3.95. The van der Waals surface area contributed by atoms with Gasteiger partial charge in [0.2, 0.25) is 5.91 Å². The fraction of sp³-hybridized carbons (Fsp3) is 0.286. The minimum absolute atomic E-state index is 0.265. The van der Waals surface area contributed by atoms with Crippen LogP contribution in [0, 0.1) is 5.82 Å². The number of nitrogens with one attached hydrogen (secondary N) is 1. The standard InChI is InChI=1S/C21H24FNO3/c1-21(2,17-7-5-6-8-18(17)22)14-23-20(24)12-9-15-13-16(25-3)10-11-19(15)26-4/h5-13H,14H2,1-4H3,(H,23,24)/b12-9+. The van der Waals surface area contributed by atoms with Gasteiger partial charge in [0.1, 0.15) is 17.3 Å². The highest BCUT2D eigenvalue weighted by molar-refractivity contribution is 5.92.